The molecule has 4 heteroatoms. The lowest BCUT2D eigenvalue weighted by molar-refractivity contribution is 0.0886. The number of hydrogen-bond acceptors (Lipinski definition) is 3. The number of halogens is 1. The topological polar surface area (TPSA) is 35.5 Å². The molecule has 1 aromatic rings. The number of hydrogen-bond donors (Lipinski definition) is 2. The highest BCUT2D eigenvalue weighted by molar-refractivity contribution is 9.10. The van der Waals surface area contributed by atoms with Gasteiger partial charge in [-0.1, -0.05) is 35.8 Å². The third-order valence-corrected chi connectivity index (χ3v) is 3.54. The van der Waals surface area contributed by atoms with Gasteiger partial charge in [0.15, 0.2) is 0 Å². The van der Waals surface area contributed by atoms with Crippen LogP contribution in [0.3, 0.4) is 0 Å². The third kappa shape index (κ3) is 5.93. The molecule has 0 aliphatic heterocycles. The number of nitrogens with zero attached hydrogens (tertiary/aromatic N) is 1. The van der Waals surface area contributed by atoms with E-state index in [1.54, 1.807) is 0 Å². The standard InChI is InChI=1S/C15H25BrN2O/c1-11(2)17-9-12-6-7-13(8-14(12)16)18(5)10-15(3,4)19/h6-8,11,17,19H,9-10H2,1-5H3. The highest BCUT2D eigenvalue weighted by Crippen LogP contribution is 2.24. The van der Waals surface area contributed by atoms with Gasteiger partial charge in [0.1, 0.15) is 0 Å². The summed E-state index contributed by atoms with van der Waals surface area (Å²) in [5.41, 5.74) is 1.65. The molecule has 1 aromatic carbocycles. The van der Waals surface area contributed by atoms with Crippen LogP contribution in [0.2, 0.25) is 0 Å². The minimum absolute atomic E-state index is 0.476. The quantitative estimate of drug-likeness (QED) is 0.842. The van der Waals surface area contributed by atoms with Crippen molar-refractivity contribution < 1.29 is 5.11 Å². The van der Waals surface area contributed by atoms with Crippen LogP contribution in [0.15, 0.2) is 22.7 Å². The summed E-state index contributed by atoms with van der Waals surface area (Å²) < 4.78 is 1.10. The molecule has 0 bridgehead atoms. The third-order valence-electron chi connectivity index (χ3n) is 2.80. The predicted molar refractivity (Wildman–Crippen MR) is 85.7 cm³/mol. The van der Waals surface area contributed by atoms with Crippen molar-refractivity contribution in [1.29, 1.82) is 0 Å². The molecule has 0 fully saturated rings. The van der Waals surface area contributed by atoms with Crippen molar-refractivity contribution in [3.05, 3.63) is 28.2 Å². The fourth-order valence-corrected chi connectivity index (χ4v) is 2.41. The first-order valence-corrected chi connectivity index (χ1v) is 7.43. The van der Waals surface area contributed by atoms with Crippen LogP contribution in [0.1, 0.15) is 33.3 Å². The molecular formula is C15H25BrN2O. The van der Waals surface area contributed by atoms with Crippen LogP contribution < -0.4 is 10.2 Å². The van der Waals surface area contributed by atoms with E-state index in [9.17, 15) is 5.11 Å². The van der Waals surface area contributed by atoms with E-state index >= 15 is 0 Å². The van der Waals surface area contributed by atoms with Crippen molar-refractivity contribution >= 4 is 21.6 Å². The Kier molecular flexibility index (Phi) is 5.83. The maximum Gasteiger partial charge on any atom is 0.0765 e. The second kappa shape index (κ2) is 6.73. The Hall–Kier alpha value is -0.580. The number of aliphatic hydroxyl groups is 1. The van der Waals surface area contributed by atoms with Gasteiger partial charge in [-0.25, -0.2) is 0 Å². The molecule has 0 aliphatic rings. The highest BCUT2D eigenvalue weighted by atomic mass is 79.9. The molecule has 0 saturated heterocycles. The van der Waals surface area contributed by atoms with Crippen LogP contribution in [-0.2, 0) is 6.54 Å². The van der Waals surface area contributed by atoms with E-state index in [1.807, 2.05) is 20.9 Å². The first-order valence-electron chi connectivity index (χ1n) is 6.64. The van der Waals surface area contributed by atoms with Gasteiger partial charge in [0, 0.05) is 36.3 Å². The summed E-state index contributed by atoms with van der Waals surface area (Å²) in [5, 5.41) is 13.3. The Morgan fingerprint density at radius 3 is 2.47 bits per heavy atom. The zero-order valence-electron chi connectivity index (χ0n) is 12.5. The number of benzene rings is 1. The average Bonchev–Trinajstić information content (AvgIpc) is 2.24. The molecule has 0 spiro atoms. The van der Waals surface area contributed by atoms with E-state index in [0.29, 0.717) is 12.6 Å². The summed E-state index contributed by atoms with van der Waals surface area (Å²) in [6.07, 6.45) is 0. The molecule has 1 rings (SSSR count). The lowest BCUT2D eigenvalue weighted by Gasteiger charge is -2.27. The van der Waals surface area contributed by atoms with E-state index in [2.05, 4.69) is 58.2 Å². The smallest absolute Gasteiger partial charge is 0.0765 e. The Balaban J connectivity index is 2.76. The van der Waals surface area contributed by atoms with Crippen LogP contribution in [-0.4, -0.2) is 30.3 Å². The van der Waals surface area contributed by atoms with Gasteiger partial charge in [-0.3, -0.25) is 0 Å². The second-order valence-electron chi connectivity index (χ2n) is 5.98. The van der Waals surface area contributed by atoms with Gasteiger partial charge in [0.2, 0.25) is 0 Å². The second-order valence-corrected chi connectivity index (χ2v) is 6.83. The number of likely N-dealkylation sites (N-methyl/N-ethyl adjacent to an activating group) is 1. The lowest BCUT2D eigenvalue weighted by atomic mass is 10.1. The van der Waals surface area contributed by atoms with Gasteiger partial charge in [-0.2, -0.15) is 0 Å². The monoisotopic (exact) mass is 328 g/mol. The zero-order valence-corrected chi connectivity index (χ0v) is 14.1. The average molecular weight is 329 g/mol. The maximum absolute atomic E-state index is 9.86. The molecule has 19 heavy (non-hydrogen) atoms. The lowest BCUT2D eigenvalue weighted by Crippen LogP contribution is -2.36. The van der Waals surface area contributed by atoms with Crippen molar-refractivity contribution in [2.75, 3.05) is 18.5 Å². The Bertz CT molecular complexity index is 413. The molecule has 108 valence electrons. The van der Waals surface area contributed by atoms with E-state index in [-0.39, 0.29) is 0 Å². The molecule has 2 N–H and O–H groups in total. The molecule has 0 aliphatic carbocycles. The normalized spacial score (nSPS) is 12.0. The highest BCUT2D eigenvalue weighted by Gasteiger charge is 2.16. The fraction of sp³-hybridized carbons (Fsp3) is 0.600. The number of rotatable bonds is 6. The van der Waals surface area contributed by atoms with Crippen LogP contribution in [0.4, 0.5) is 5.69 Å². The van der Waals surface area contributed by atoms with E-state index < -0.39 is 5.60 Å². The SMILES string of the molecule is CC(C)NCc1ccc(N(C)CC(C)(C)O)cc1Br. The van der Waals surface area contributed by atoms with Gasteiger partial charge in [-0.15, -0.1) is 0 Å². The van der Waals surface area contributed by atoms with Crippen LogP contribution >= 0.6 is 15.9 Å². The van der Waals surface area contributed by atoms with Gasteiger partial charge < -0.3 is 15.3 Å². The minimum atomic E-state index is -0.695. The molecule has 0 atom stereocenters. The molecule has 0 unspecified atom stereocenters. The fourth-order valence-electron chi connectivity index (χ4n) is 1.90. The number of nitrogens with one attached hydrogen (secondary N) is 1. The molecular weight excluding hydrogens is 304 g/mol. The maximum atomic E-state index is 9.86. The van der Waals surface area contributed by atoms with Crippen LogP contribution in [0, 0.1) is 0 Å². The summed E-state index contributed by atoms with van der Waals surface area (Å²) in [6, 6.07) is 6.79. The predicted octanol–water partition coefficient (Wildman–Crippen LogP) is 3.15. The zero-order chi connectivity index (χ0) is 14.6. The van der Waals surface area contributed by atoms with Gasteiger partial charge >= 0.3 is 0 Å². The summed E-state index contributed by atoms with van der Waals surface area (Å²) >= 11 is 3.62. The van der Waals surface area contributed by atoms with Gasteiger partial charge in [0.05, 0.1) is 5.60 Å². The van der Waals surface area contributed by atoms with Crippen molar-refractivity contribution in [3.8, 4) is 0 Å². The molecule has 0 heterocycles. The first kappa shape index (κ1) is 16.5. The van der Waals surface area contributed by atoms with Crippen molar-refractivity contribution in [2.24, 2.45) is 0 Å². The van der Waals surface area contributed by atoms with Gasteiger partial charge in [0.25, 0.3) is 0 Å². The van der Waals surface area contributed by atoms with E-state index in [4.69, 9.17) is 0 Å². The summed E-state index contributed by atoms with van der Waals surface area (Å²) in [4.78, 5) is 2.06. The van der Waals surface area contributed by atoms with Crippen LogP contribution in [0.25, 0.3) is 0 Å². The van der Waals surface area contributed by atoms with E-state index in [0.717, 1.165) is 16.7 Å². The largest absolute Gasteiger partial charge is 0.389 e. The van der Waals surface area contributed by atoms with E-state index in [1.165, 1.54) is 5.56 Å². The molecule has 0 amide bonds. The Morgan fingerprint density at radius 1 is 1.37 bits per heavy atom. The van der Waals surface area contributed by atoms with Crippen molar-refractivity contribution in [2.45, 2.75) is 45.9 Å². The molecule has 0 saturated carbocycles. The van der Waals surface area contributed by atoms with Crippen molar-refractivity contribution in [3.63, 3.8) is 0 Å². The van der Waals surface area contributed by atoms with Crippen molar-refractivity contribution in [1.82, 2.24) is 5.32 Å². The Morgan fingerprint density at radius 2 is 2.00 bits per heavy atom. The molecule has 0 radical (unpaired) electrons. The molecule has 3 nitrogen and oxygen atoms in total. The van der Waals surface area contributed by atoms with Crippen LogP contribution in [0.5, 0.6) is 0 Å². The summed E-state index contributed by atoms with van der Waals surface area (Å²) in [7, 11) is 1.99. The number of anilines is 1. The molecule has 0 aromatic heterocycles. The Labute approximate surface area is 125 Å². The van der Waals surface area contributed by atoms with Gasteiger partial charge in [-0.05, 0) is 31.5 Å². The summed E-state index contributed by atoms with van der Waals surface area (Å²) in [5.74, 6) is 0. The summed E-state index contributed by atoms with van der Waals surface area (Å²) in [6.45, 7) is 9.37. The minimum Gasteiger partial charge on any atom is -0.389 e. The first-order chi connectivity index (χ1) is 8.69.